The van der Waals surface area contributed by atoms with Gasteiger partial charge in [-0.05, 0) is 18.1 Å². The van der Waals surface area contributed by atoms with E-state index < -0.39 is 29.8 Å². The average Bonchev–Trinajstić information content (AvgIpc) is 2.64. The molecule has 2 rings (SSSR count). The maximum atomic E-state index is 12.7. The number of fused-ring (bicyclic) bond motifs is 1. The highest BCUT2D eigenvalue weighted by Crippen LogP contribution is 2.18. The van der Waals surface area contributed by atoms with Crippen LogP contribution in [0.5, 0.6) is 0 Å². The lowest BCUT2D eigenvalue weighted by atomic mass is 9.97. The molecule has 7 nitrogen and oxygen atoms in total. The number of benzene rings is 1. The summed E-state index contributed by atoms with van der Waals surface area (Å²) in [7, 11) is 2.50. The Hall–Kier alpha value is -2.96. The van der Waals surface area contributed by atoms with Crippen molar-refractivity contribution < 1.29 is 23.9 Å². The largest absolute Gasteiger partial charge is 0.469 e. The lowest BCUT2D eigenvalue weighted by Gasteiger charge is -2.22. The van der Waals surface area contributed by atoms with E-state index >= 15 is 0 Å². The Morgan fingerprint density at radius 3 is 2.52 bits per heavy atom. The number of nitrogens with one attached hydrogen (secondary N) is 1. The van der Waals surface area contributed by atoms with E-state index in [1.807, 2.05) is 6.07 Å². The molecule has 1 heterocycles. The first-order valence-corrected chi connectivity index (χ1v) is 7.77. The van der Waals surface area contributed by atoms with Crippen molar-refractivity contribution in [3.8, 4) is 0 Å². The van der Waals surface area contributed by atoms with E-state index in [1.54, 1.807) is 31.2 Å². The Morgan fingerprint density at radius 2 is 1.84 bits per heavy atom. The van der Waals surface area contributed by atoms with Gasteiger partial charge in [-0.3, -0.25) is 14.6 Å². The van der Waals surface area contributed by atoms with Crippen LogP contribution in [0.3, 0.4) is 0 Å². The lowest BCUT2D eigenvalue weighted by Crippen LogP contribution is -2.46. The highest BCUT2D eigenvalue weighted by atomic mass is 16.5. The second kappa shape index (κ2) is 8.23. The SMILES string of the molecule is COC(=O)C[C@@H](C)[C@@H](NC(=O)c1ccnc2ccccc12)C(=O)OC. The number of pyridine rings is 1. The number of hydrogen-bond acceptors (Lipinski definition) is 6. The quantitative estimate of drug-likeness (QED) is 0.802. The number of carbonyl (C=O) groups excluding carboxylic acids is 3. The molecule has 132 valence electrons. The molecule has 2 aromatic rings. The molecule has 0 saturated carbocycles. The topological polar surface area (TPSA) is 94.6 Å². The summed E-state index contributed by atoms with van der Waals surface area (Å²) in [6.07, 6.45) is 1.51. The molecule has 0 saturated heterocycles. The fourth-order valence-corrected chi connectivity index (χ4v) is 2.54. The highest BCUT2D eigenvalue weighted by molar-refractivity contribution is 6.07. The van der Waals surface area contributed by atoms with Gasteiger partial charge in [-0.2, -0.15) is 0 Å². The number of rotatable bonds is 6. The number of esters is 2. The summed E-state index contributed by atoms with van der Waals surface area (Å²) in [6.45, 7) is 1.67. The number of hydrogen-bond donors (Lipinski definition) is 1. The molecule has 2 atom stereocenters. The van der Waals surface area contributed by atoms with Crippen LogP contribution < -0.4 is 5.32 Å². The summed E-state index contributed by atoms with van der Waals surface area (Å²) < 4.78 is 9.37. The minimum Gasteiger partial charge on any atom is -0.469 e. The molecule has 25 heavy (non-hydrogen) atoms. The Morgan fingerprint density at radius 1 is 1.12 bits per heavy atom. The Balaban J connectivity index is 2.26. The number of carbonyl (C=O) groups is 3. The van der Waals surface area contributed by atoms with E-state index in [2.05, 4.69) is 15.0 Å². The Labute approximate surface area is 145 Å². The number of aromatic nitrogens is 1. The molecule has 7 heteroatoms. The average molecular weight is 344 g/mol. The van der Waals surface area contributed by atoms with Crippen molar-refractivity contribution in [2.45, 2.75) is 19.4 Å². The summed E-state index contributed by atoms with van der Waals surface area (Å²) in [5.41, 5.74) is 1.07. The third kappa shape index (κ3) is 4.32. The molecule has 0 aliphatic carbocycles. The second-order valence-electron chi connectivity index (χ2n) is 5.61. The second-order valence-corrected chi connectivity index (χ2v) is 5.61. The van der Waals surface area contributed by atoms with Gasteiger partial charge in [-0.1, -0.05) is 25.1 Å². The van der Waals surface area contributed by atoms with Gasteiger partial charge in [0.1, 0.15) is 6.04 Å². The van der Waals surface area contributed by atoms with Gasteiger partial charge < -0.3 is 14.8 Å². The van der Waals surface area contributed by atoms with E-state index in [4.69, 9.17) is 4.74 Å². The summed E-state index contributed by atoms with van der Waals surface area (Å²) in [4.78, 5) is 40.4. The van der Waals surface area contributed by atoms with E-state index in [-0.39, 0.29) is 6.42 Å². The highest BCUT2D eigenvalue weighted by Gasteiger charge is 2.30. The lowest BCUT2D eigenvalue weighted by molar-refractivity contribution is -0.146. The van der Waals surface area contributed by atoms with Crippen LogP contribution in [0.25, 0.3) is 10.9 Å². The molecule has 0 fully saturated rings. The van der Waals surface area contributed by atoms with Crippen LogP contribution in [-0.2, 0) is 19.1 Å². The third-order valence-electron chi connectivity index (χ3n) is 3.92. The molecule has 0 aliphatic heterocycles. The smallest absolute Gasteiger partial charge is 0.328 e. The van der Waals surface area contributed by atoms with Gasteiger partial charge in [-0.15, -0.1) is 0 Å². The normalized spacial score (nSPS) is 12.9. The number of amides is 1. The van der Waals surface area contributed by atoms with Crippen LogP contribution in [0.2, 0.25) is 0 Å². The van der Waals surface area contributed by atoms with Crippen molar-refractivity contribution >= 4 is 28.7 Å². The Bertz CT molecular complexity index is 785. The molecule has 1 amide bonds. The van der Waals surface area contributed by atoms with Gasteiger partial charge in [0, 0.05) is 11.6 Å². The van der Waals surface area contributed by atoms with Crippen LogP contribution in [0.15, 0.2) is 36.5 Å². The molecule has 1 N–H and O–H groups in total. The predicted molar refractivity (Wildman–Crippen MR) is 90.8 cm³/mol. The zero-order valence-corrected chi connectivity index (χ0v) is 14.3. The zero-order chi connectivity index (χ0) is 18.4. The van der Waals surface area contributed by atoms with Gasteiger partial charge in [0.05, 0.1) is 31.7 Å². The monoisotopic (exact) mass is 344 g/mol. The van der Waals surface area contributed by atoms with E-state index in [0.29, 0.717) is 16.5 Å². The molecule has 0 unspecified atom stereocenters. The van der Waals surface area contributed by atoms with Crippen molar-refractivity contribution in [1.82, 2.24) is 10.3 Å². The van der Waals surface area contributed by atoms with Gasteiger partial charge in [-0.25, -0.2) is 4.79 Å². The maximum Gasteiger partial charge on any atom is 0.328 e. The summed E-state index contributed by atoms with van der Waals surface area (Å²) in [5.74, 6) is -2.02. The van der Waals surface area contributed by atoms with Crippen LogP contribution in [-0.4, -0.2) is 43.1 Å². The Kier molecular flexibility index (Phi) is 6.05. The molecular formula is C18H20N2O5. The molecule has 0 radical (unpaired) electrons. The van der Waals surface area contributed by atoms with Gasteiger partial charge >= 0.3 is 11.9 Å². The van der Waals surface area contributed by atoms with Gasteiger partial charge in [0.15, 0.2) is 0 Å². The third-order valence-corrected chi connectivity index (χ3v) is 3.92. The molecule has 1 aromatic heterocycles. The van der Waals surface area contributed by atoms with E-state index in [1.165, 1.54) is 20.4 Å². The molecule has 1 aromatic carbocycles. The molecular weight excluding hydrogens is 324 g/mol. The molecule has 0 spiro atoms. The molecule has 0 aliphatic rings. The fourth-order valence-electron chi connectivity index (χ4n) is 2.54. The number of ether oxygens (including phenoxy) is 2. The summed E-state index contributed by atoms with van der Waals surface area (Å²) in [6, 6.07) is 7.82. The van der Waals surface area contributed by atoms with Crippen LogP contribution >= 0.6 is 0 Å². The number of nitrogens with zero attached hydrogens (tertiary/aromatic N) is 1. The summed E-state index contributed by atoms with van der Waals surface area (Å²) in [5, 5.41) is 3.33. The zero-order valence-electron chi connectivity index (χ0n) is 14.3. The first-order chi connectivity index (χ1) is 12.0. The fraction of sp³-hybridized carbons (Fsp3) is 0.333. The van der Waals surface area contributed by atoms with Crippen molar-refractivity contribution in [1.29, 1.82) is 0 Å². The van der Waals surface area contributed by atoms with Crippen LogP contribution in [0.4, 0.5) is 0 Å². The van der Waals surface area contributed by atoms with Crippen molar-refractivity contribution in [3.63, 3.8) is 0 Å². The molecule has 0 bridgehead atoms. The van der Waals surface area contributed by atoms with E-state index in [9.17, 15) is 14.4 Å². The van der Waals surface area contributed by atoms with Crippen LogP contribution in [0, 0.1) is 5.92 Å². The number of para-hydroxylation sites is 1. The minimum absolute atomic E-state index is 0.0202. The first kappa shape index (κ1) is 18.4. The predicted octanol–water partition coefficient (Wildman–Crippen LogP) is 1.71. The van der Waals surface area contributed by atoms with Crippen molar-refractivity contribution in [2.75, 3.05) is 14.2 Å². The minimum atomic E-state index is -0.969. The first-order valence-electron chi connectivity index (χ1n) is 7.77. The standard InChI is InChI=1S/C18H20N2O5/c1-11(10-15(21)24-2)16(18(23)25-3)20-17(22)13-8-9-19-14-7-5-4-6-12(13)14/h4-9,11,16H,10H2,1-3H3,(H,20,22)/t11-,16-/m1/s1. The maximum absolute atomic E-state index is 12.7. The van der Waals surface area contributed by atoms with Crippen LogP contribution in [0.1, 0.15) is 23.7 Å². The summed E-state index contributed by atoms with van der Waals surface area (Å²) >= 11 is 0. The van der Waals surface area contributed by atoms with Gasteiger partial charge in [0.2, 0.25) is 0 Å². The van der Waals surface area contributed by atoms with Crippen molar-refractivity contribution in [3.05, 3.63) is 42.1 Å². The van der Waals surface area contributed by atoms with Crippen molar-refractivity contribution in [2.24, 2.45) is 5.92 Å². The van der Waals surface area contributed by atoms with Gasteiger partial charge in [0.25, 0.3) is 5.91 Å². The van der Waals surface area contributed by atoms with E-state index in [0.717, 1.165) is 0 Å². The number of methoxy groups -OCH3 is 2.